The van der Waals surface area contributed by atoms with Crippen molar-refractivity contribution in [2.75, 3.05) is 0 Å². The van der Waals surface area contributed by atoms with Crippen LogP contribution in [0, 0.1) is 17.4 Å². The molecule has 0 N–H and O–H groups in total. The van der Waals surface area contributed by atoms with Gasteiger partial charge in [0, 0.05) is 11.1 Å². The van der Waals surface area contributed by atoms with Crippen LogP contribution in [0.4, 0.5) is 0 Å². The first kappa shape index (κ1) is 23.2. The van der Waals surface area contributed by atoms with Crippen LogP contribution in [0.2, 0.25) is 0 Å². The highest BCUT2D eigenvalue weighted by atomic mass is 32.2. The van der Waals surface area contributed by atoms with E-state index < -0.39 is 10.0 Å². The summed E-state index contributed by atoms with van der Waals surface area (Å²) in [5, 5.41) is 14.5. The summed E-state index contributed by atoms with van der Waals surface area (Å²) in [6, 6.07) is 15.8. The molecule has 0 spiro atoms. The van der Waals surface area contributed by atoms with Gasteiger partial charge in [-0.25, -0.2) is 0 Å². The lowest BCUT2D eigenvalue weighted by Gasteiger charge is -2.20. The minimum atomic E-state index is -3.72. The Kier molecular flexibility index (Phi) is 6.49. The Morgan fingerprint density at radius 3 is 2.88 bits per heavy atom. The smallest absolute Gasteiger partial charge is 0.490 e. The normalized spacial score (nSPS) is 15.1. The number of nitrogens with zero attached hydrogens (tertiary/aromatic N) is 4. The van der Waals surface area contributed by atoms with Crippen LogP contribution in [-0.4, -0.2) is 24.7 Å². The Labute approximate surface area is 198 Å². The molecular formula is C25H23N4O4S+. The van der Waals surface area contributed by atoms with Crippen molar-refractivity contribution in [1.82, 2.24) is 10.1 Å². The van der Waals surface area contributed by atoms with E-state index in [1.807, 2.05) is 32.0 Å². The van der Waals surface area contributed by atoms with Crippen molar-refractivity contribution in [3.8, 4) is 40.7 Å². The molecule has 1 unspecified atom stereocenters. The molecule has 0 amide bonds. The van der Waals surface area contributed by atoms with Gasteiger partial charge < -0.3 is 9.26 Å². The largest absolute Gasteiger partial charge is 0.502 e. The summed E-state index contributed by atoms with van der Waals surface area (Å²) >= 11 is 0. The van der Waals surface area contributed by atoms with Gasteiger partial charge in [0.1, 0.15) is 23.1 Å². The van der Waals surface area contributed by atoms with Gasteiger partial charge in [-0.2, -0.15) is 10.2 Å². The molecule has 0 radical (unpaired) electrons. The second-order valence-corrected chi connectivity index (χ2v) is 9.68. The van der Waals surface area contributed by atoms with Crippen LogP contribution < -0.4 is 4.74 Å². The monoisotopic (exact) mass is 475 g/mol. The third-order valence-corrected chi connectivity index (χ3v) is 6.21. The number of benzene rings is 2. The second kappa shape index (κ2) is 9.50. The van der Waals surface area contributed by atoms with Crippen LogP contribution in [0.1, 0.15) is 49.3 Å². The predicted molar refractivity (Wildman–Crippen MR) is 128 cm³/mol. The SMILES string of the molecule is C=CS(=O)(=O)[N+]#CC1CCCc2c(-c3noc(-c4ccc(OC(C)C)c(C#N)c4)n3)cccc21. The number of hydrogen-bond acceptors (Lipinski definition) is 7. The Bertz CT molecular complexity index is 1460. The first-order valence-corrected chi connectivity index (χ1v) is 12.3. The number of nitriles is 1. The molecule has 1 aliphatic carbocycles. The van der Waals surface area contributed by atoms with E-state index in [1.54, 1.807) is 18.2 Å². The number of ether oxygens (including phenoxy) is 1. The molecule has 0 bridgehead atoms. The van der Waals surface area contributed by atoms with Crippen LogP contribution in [0.15, 0.2) is 52.9 Å². The highest BCUT2D eigenvalue weighted by Gasteiger charge is 2.28. The summed E-state index contributed by atoms with van der Waals surface area (Å²) in [5.74, 6) is 0.957. The average Bonchev–Trinajstić information content (AvgIpc) is 3.32. The van der Waals surface area contributed by atoms with Crippen molar-refractivity contribution in [3.63, 3.8) is 0 Å². The molecule has 2 aromatic carbocycles. The quantitative estimate of drug-likeness (QED) is 0.493. The average molecular weight is 476 g/mol. The van der Waals surface area contributed by atoms with Gasteiger partial charge >= 0.3 is 16.1 Å². The number of aromatic nitrogens is 2. The molecule has 0 fully saturated rings. The summed E-state index contributed by atoms with van der Waals surface area (Å²) in [5.41, 5.74) is 3.77. The molecule has 1 aliphatic rings. The minimum Gasteiger partial charge on any atom is -0.490 e. The summed E-state index contributed by atoms with van der Waals surface area (Å²) in [6.07, 6.45) is 2.33. The van der Waals surface area contributed by atoms with E-state index in [1.165, 1.54) is 0 Å². The van der Waals surface area contributed by atoms with E-state index in [2.05, 4.69) is 33.1 Å². The standard InChI is InChI=1S/C25H23N4O4S/c1-4-34(30,31)27-15-18-7-5-9-21-20(18)8-6-10-22(21)24-28-25(33-29-24)17-11-12-23(32-16(2)3)19(13-17)14-26/h4,6,8,10-13,16,18H,1,5,7,9H2,2-3H3/q+1. The van der Waals surface area contributed by atoms with Crippen LogP contribution in [0.5, 0.6) is 5.75 Å². The molecule has 172 valence electrons. The van der Waals surface area contributed by atoms with Gasteiger partial charge in [0.15, 0.2) is 0 Å². The zero-order valence-electron chi connectivity index (χ0n) is 18.9. The fourth-order valence-corrected chi connectivity index (χ4v) is 4.27. The maximum atomic E-state index is 11.7. The molecule has 1 heterocycles. The Morgan fingerprint density at radius 1 is 1.32 bits per heavy atom. The molecular weight excluding hydrogens is 452 g/mol. The molecule has 0 saturated carbocycles. The summed E-state index contributed by atoms with van der Waals surface area (Å²) in [6.45, 7) is 7.07. The molecule has 34 heavy (non-hydrogen) atoms. The fourth-order valence-electron chi connectivity index (χ4n) is 3.92. The van der Waals surface area contributed by atoms with Crippen LogP contribution in [-0.2, 0) is 16.4 Å². The van der Waals surface area contributed by atoms with E-state index in [9.17, 15) is 13.7 Å². The zero-order valence-corrected chi connectivity index (χ0v) is 19.7. The van der Waals surface area contributed by atoms with Gasteiger partial charge in [-0.1, -0.05) is 29.9 Å². The van der Waals surface area contributed by atoms with Gasteiger partial charge in [-0.3, -0.25) is 0 Å². The second-order valence-electron chi connectivity index (χ2n) is 8.13. The first-order chi connectivity index (χ1) is 16.3. The van der Waals surface area contributed by atoms with Crippen LogP contribution in [0.25, 0.3) is 27.1 Å². The highest BCUT2D eigenvalue weighted by molar-refractivity contribution is 7.96. The van der Waals surface area contributed by atoms with E-state index in [0.29, 0.717) is 22.7 Å². The fraction of sp³-hybridized carbons (Fsp3) is 0.280. The van der Waals surface area contributed by atoms with Gasteiger partial charge in [0.05, 0.1) is 15.9 Å². The number of hydrogen-bond donors (Lipinski definition) is 0. The van der Waals surface area contributed by atoms with Gasteiger partial charge in [-0.15, -0.1) is 8.42 Å². The summed E-state index contributed by atoms with van der Waals surface area (Å²) in [4.78, 5) is 4.57. The zero-order chi connectivity index (χ0) is 24.3. The first-order valence-electron chi connectivity index (χ1n) is 10.8. The van der Waals surface area contributed by atoms with Gasteiger partial charge in [0.25, 0.3) is 5.89 Å². The molecule has 0 saturated heterocycles. The van der Waals surface area contributed by atoms with Crippen LogP contribution >= 0.6 is 0 Å². The van der Waals surface area contributed by atoms with Crippen molar-refractivity contribution in [1.29, 1.82) is 5.26 Å². The molecule has 0 aliphatic heterocycles. The molecule has 3 aromatic rings. The lowest BCUT2D eigenvalue weighted by Crippen LogP contribution is -2.10. The molecule has 4 rings (SSSR count). The molecule has 1 aromatic heterocycles. The minimum absolute atomic E-state index is 0.0554. The lowest BCUT2D eigenvalue weighted by atomic mass is 9.81. The Hall–Kier alpha value is -3.95. The Balaban J connectivity index is 1.69. The van der Waals surface area contributed by atoms with Crippen molar-refractivity contribution in [2.45, 2.75) is 45.1 Å². The highest BCUT2D eigenvalue weighted by Crippen LogP contribution is 2.37. The summed E-state index contributed by atoms with van der Waals surface area (Å²) in [7, 11) is -3.72. The lowest BCUT2D eigenvalue weighted by molar-refractivity contribution is 0.241. The number of sulfonamides is 1. The van der Waals surface area contributed by atoms with E-state index in [4.69, 9.17) is 9.26 Å². The van der Waals surface area contributed by atoms with E-state index >= 15 is 0 Å². The van der Waals surface area contributed by atoms with E-state index in [-0.39, 0.29) is 17.9 Å². The molecule has 8 nitrogen and oxygen atoms in total. The van der Waals surface area contributed by atoms with E-state index in [0.717, 1.165) is 41.4 Å². The number of rotatable bonds is 5. The van der Waals surface area contributed by atoms with Gasteiger partial charge in [0.2, 0.25) is 5.82 Å². The number of fused-ring (bicyclic) bond motifs is 1. The van der Waals surface area contributed by atoms with Gasteiger partial charge in [-0.05, 0) is 62.4 Å². The van der Waals surface area contributed by atoms with Crippen LogP contribution in [0.3, 0.4) is 0 Å². The predicted octanol–water partition coefficient (Wildman–Crippen LogP) is 5.29. The maximum absolute atomic E-state index is 11.7. The molecule has 1 atom stereocenters. The van der Waals surface area contributed by atoms with Crippen molar-refractivity contribution >= 4 is 10.0 Å². The van der Waals surface area contributed by atoms with Crippen molar-refractivity contribution < 1.29 is 17.7 Å². The molecule has 9 heteroatoms. The topological polar surface area (TPSA) is 110 Å². The third kappa shape index (κ3) is 4.85. The third-order valence-electron chi connectivity index (χ3n) is 5.43. The van der Waals surface area contributed by atoms with Crippen molar-refractivity contribution in [2.24, 2.45) is 0 Å². The Morgan fingerprint density at radius 2 is 2.15 bits per heavy atom. The van der Waals surface area contributed by atoms with Crippen molar-refractivity contribution in [3.05, 3.63) is 69.3 Å². The summed E-state index contributed by atoms with van der Waals surface area (Å²) < 4.78 is 38.2. The maximum Gasteiger partial charge on any atom is 0.502 e.